The Hall–Kier alpha value is -1.48. The number of hydrogen-bond donors (Lipinski definition) is 1. The maximum Gasteiger partial charge on any atom is 0.0624 e. The number of fused-ring (bicyclic) bond motifs is 1. The minimum atomic E-state index is 0.583. The van der Waals surface area contributed by atoms with Gasteiger partial charge in [0.25, 0.3) is 0 Å². The summed E-state index contributed by atoms with van der Waals surface area (Å²) in [4.78, 5) is 8.32. The molecule has 0 atom stereocenters. The van der Waals surface area contributed by atoms with Crippen LogP contribution in [0.4, 0.5) is 5.69 Å². The number of rotatable bonds is 2. The van der Waals surface area contributed by atoms with Crippen LogP contribution in [0.5, 0.6) is 0 Å². The molecule has 1 aliphatic heterocycles. The Kier molecular flexibility index (Phi) is 3.23. The fraction of sp³-hybridized carbons (Fsp3) is 0.500. The molecule has 3 heteroatoms. The number of nitrogens with zero attached hydrogens (tertiary/aromatic N) is 2. The molecule has 19 heavy (non-hydrogen) atoms. The van der Waals surface area contributed by atoms with Gasteiger partial charge in [0.15, 0.2) is 0 Å². The van der Waals surface area contributed by atoms with Gasteiger partial charge in [-0.3, -0.25) is 0 Å². The molecule has 102 valence electrons. The van der Waals surface area contributed by atoms with E-state index in [0.29, 0.717) is 5.92 Å². The lowest BCUT2D eigenvalue weighted by molar-refractivity contribution is 0.313. The molecule has 1 saturated heterocycles. The standard InChI is InChI=1S/C16H23N3/c1-12(2)13-4-5-14-15(10-13)17-11-16(14)19-8-6-18(3)7-9-19/h4-5,10-12,17H,6-9H2,1-3H3. The first-order valence-electron chi connectivity index (χ1n) is 7.19. The van der Waals surface area contributed by atoms with E-state index < -0.39 is 0 Å². The highest BCUT2D eigenvalue weighted by Gasteiger charge is 2.17. The van der Waals surface area contributed by atoms with Crippen LogP contribution in [0.25, 0.3) is 10.9 Å². The monoisotopic (exact) mass is 257 g/mol. The normalized spacial score (nSPS) is 17.6. The summed E-state index contributed by atoms with van der Waals surface area (Å²) in [5, 5.41) is 1.36. The molecule has 0 spiro atoms. The average molecular weight is 257 g/mol. The van der Waals surface area contributed by atoms with E-state index in [1.165, 1.54) is 22.2 Å². The van der Waals surface area contributed by atoms with Crippen molar-refractivity contribution in [3.05, 3.63) is 30.0 Å². The van der Waals surface area contributed by atoms with Gasteiger partial charge < -0.3 is 14.8 Å². The molecule has 1 aromatic heterocycles. The molecule has 0 aliphatic carbocycles. The average Bonchev–Trinajstić information content (AvgIpc) is 2.82. The second-order valence-corrected chi connectivity index (χ2v) is 5.92. The number of hydrogen-bond acceptors (Lipinski definition) is 2. The predicted octanol–water partition coefficient (Wildman–Crippen LogP) is 3.04. The fourth-order valence-electron chi connectivity index (χ4n) is 2.80. The SMILES string of the molecule is CC(C)c1ccc2c(N3CCN(C)CC3)c[nH]c2c1. The molecule has 3 nitrogen and oxygen atoms in total. The molecular weight excluding hydrogens is 234 g/mol. The van der Waals surface area contributed by atoms with Crippen LogP contribution >= 0.6 is 0 Å². The van der Waals surface area contributed by atoms with Crippen molar-refractivity contribution in [1.82, 2.24) is 9.88 Å². The second-order valence-electron chi connectivity index (χ2n) is 5.92. The first-order chi connectivity index (χ1) is 9.15. The minimum absolute atomic E-state index is 0.583. The minimum Gasteiger partial charge on any atom is -0.367 e. The summed E-state index contributed by atoms with van der Waals surface area (Å²) >= 11 is 0. The zero-order valence-corrected chi connectivity index (χ0v) is 12.1. The summed E-state index contributed by atoms with van der Waals surface area (Å²) in [5.74, 6) is 0.583. The second kappa shape index (κ2) is 4.89. The molecule has 0 unspecified atom stereocenters. The van der Waals surface area contributed by atoms with E-state index >= 15 is 0 Å². The highest BCUT2D eigenvalue weighted by Crippen LogP contribution is 2.29. The Labute approximate surface area is 115 Å². The van der Waals surface area contributed by atoms with Gasteiger partial charge in [-0.05, 0) is 24.6 Å². The summed E-state index contributed by atoms with van der Waals surface area (Å²) in [5.41, 5.74) is 4.03. The quantitative estimate of drug-likeness (QED) is 0.893. The smallest absolute Gasteiger partial charge is 0.0624 e. The molecular formula is C16H23N3. The third-order valence-electron chi connectivity index (χ3n) is 4.19. The summed E-state index contributed by atoms with van der Waals surface area (Å²) in [6, 6.07) is 6.83. The van der Waals surface area contributed by atoms with E-state index in [0.717, 1.165) is 26.2 Å². The molecule has 1 N–H and O–H groups in total. The molecule has 2 heterocycles. The van der Waals surface area contributed by atoms with Crippen LogP contribution in [0.15, 0.2) is 24.4 Å². The van der Waals surface area contributed by atoms with Gasteiger partial charge in [0.05, 0.1) is 5.69 Å². The van der Waals surface area contributed by atoms with Gasteiger partial charge >= 0.3 is 0 Å². The molecule has 0 radical (unpaired) electrons. The van der Waals surface area contributed by atoms with Crippen molar-refractivity contribution in [1.29, 1.82) is 0 Å². The first-order valence-corrected chi connectivity index (χ1v) is 7.19. The van der Waals surface area contributed by atoms with Crippen LogP contribution < -0.4 is 4.90 Å². The molecule has 1 fully saturated rings. The van der Waals surface area contributed by atoms with Gasteiger partial charge in [0.2, 0.25) is 0 Å². The van der Waals surface area contributed by atoms with Crippen molar-refractivity contribution in [3.63, 3.8) is 0 Å². The Morgan fingerprint density at radius 3 is 2.53 bits per heavy atom. The van der Waals surface area contributed by atoms with Gasteiger partial charge in [-0.1, -0.05) is 26.0 Å². The lowest BCUT2D eigenvalue weighted by Crippen LogP contribution is -2.44. The lowest BCUT2D eigenvalue weighted by atomic mass is 10.0. The molecule has 1 aliphatic rings. The summed E-state index contributed by atoms with van der Waals surface area (Å²) in [6.07, 6.45) is 2.17. The number of likely N-dealkylation sites (N-methyl/N-ethyl adjacent to an activating group) is 1. The van der Waals surface area contributed by atoms with Crippen molar-refractivity contribution in [2.75, 3.05) is 38.1 Å². The fourth-order valence-corrected chi connectivity index (χ4v) is 2.80. The van der Waals surface area contributed by atoms with E-state index in [1.807, 2.05) is 0 Å². The topological polar surface area (TPSA) is 22.3 Å². The zero-order chi connectivity index (χ0) is 13.4. The van der Waals surface area contributed by atoms with Crippen molar-refractivity contribution < 1.29 is 0 Å². The van der Waals surface area contributed by atoms with Crippen molar-refractivity contribution in [3.8, 4) is 0 Å². The molecule has 0 bridgehead atoms. The molecule has 2 aromatic rings. The van der Waals surface area contributed by atoms with Gasteiger partial charge in [0.1, 0.15) is 0 Å². The van der Waals surface area contributed by atoms with Gasteiger partial charge in [0, 0.05) is 43.3 Å². The Morgan fingerprint density at radius 2 is 1.84 bits per heavy atom. The van der Waals surface area contributed by atoms with Crippen LogP contribution in [0.1, 0.15) is 25.3 Å². The highest BCUT2D eigenvalue weighted by molar-refractivity contribution is 5.93. The highest BCUT2D eigenvalue weighted by atomic mass is 15.2. The summed E-state index contributed by atoms with van der Waals surface area (Å²) < 4.78 is 0. The lowest BCUT2D eigenvalue weighted by Gasteiger charge is -2.33. The Balaban J connectivity index is 1.92. The van der Waals surface area contributed by atoms with Crippen LogP contribution in [-0.2, 0) is 0 Å². The largest absolute Gasteiger partial charge is 0.367 e. The third kappa shape index (κ3) is 2.35. The number of anilines is 1. The van der Waals surface area contributed by atoms with Crippen molar-refractivity contribution >= 4 is 16.6 Å². The number of benzene rings is 1. The number of nitrogens with one attached hydrogen (secondary N) is 1. The third-order valence-corrected chi connectivity index (χ3v) is 4.19. The van der Waals surface area contributed by atoms with Crippen molar-refractivity contribution in [2.24, 2.45) is 0 Å². The Morgan fingerprint density at radius 1 is 1.11 bits per heavy atom. The number of H-pyrrole nitrogens is 1. The van der Waals surface area contributed by atoms with E-state index in [2.05, 4.69) is 60.1 Å². The van der Waals surface area contributed by atoms with Gasteiger partial charge in [-0.25, -0.2) is 0 Å². The van der Waals surface area contributed by atoms with Crippen LogP contribution in [0, 0.1) is 0 Å². The molecule has 1 aromatic carbocycles. The summed E-state index contributed by atoms with van der Waals surface area (Å²) in [6.45, 7) is 9.02. The van der Waals surface area contributed by atoms with Crippen LogP contribution in [0.3, 0.4) is 0 Å². The first kappa shape index (κ1) is 12.5. The molecule has 0 saturated carbocycles. The van der Waals surface area contributed by atoms with E-state index in [-0.39, 0.29) is 0 Å². The van der Waals surface area contributed by atoms with Gasteiger partial charge in [-0.15, -0.1) is 0 Å². The zero-order valence-electron chi connectivity index (χ0n) is 12.1. The van der Waals surface area contributed by atoms with E-state index in [4.69, 9.17) is 0 Å². The maximum absolute atomic E-state index is 3.44. The summed E-state index contributed by atoms with van der Waals surface area (Å²) in [7, 11) is 2.20. The molecule has 3 rings (SSSR count). The van der Waals surface area contributed by atoms with Crippen LogP contribution in [-0.4, -0.2) is 43.1 Å². The maximum atomic E-state index is 3.44. The van der Waals surface area contributed by atoms with Crippen molar-refractivity contribution in [2.45, 2.75) is 19.8 Å². The van der Waals surface area contributed by atoms with Gasteiger partial charge in [-0.2, -0.15) is 0 Å². The number of aromatic amines is 1. The predicted molar refractivity (Wildman–Crippen MR) is 82.1 cm³/mol. The van der Waals surface area contributed by atoms with E-state index in [9.17, 15) is 0 Å². The number of piperazine rings is 1. The van der Waals surface area contributed by atoms with E-state index in [1.54, 1.807) is 0 Å². The van der Waals surface area contributed by atoms with Crippen LogP contribution in [0.2, 0.25) is 0 Å². The Bertz CT molecular complexity index is 562. The molecule has 0 amide bonds. The number of aromatic nitrogens is 1.